The first-order chi connectivity index (χ1) is 37.0. The van der Waals surface area contributed by atoms with Crippen molar-refractivity contribution in [3.8, 4) is 0 Å². The predicted octanol–water partition coefficient (Wildman–Crippen LogP) is 21.4. The zero-order chi connectivity index (χ0) is 54.3. The lowest BCUT2D eigenvalue weighted by atomic mass is 10.0. The van der Waals surface area contributed by atoms with Gasteiger partial charge in [0.15, 0.2) is 6.10 Å². The molecule has 0 aliphatic rings. The first-order valence-electron chi connectivity index (χ1n) is 31.5. The monoisotopic (exact) mass is 1040 g/mol. The quantitative estimate of drug-likeness (QED) is 0.0261. The topological polar surface area (TPSA) is 78.9 Å². The van der Waals surface area contributed by atoms with E-state index in [1.54, 1.807) is 0 Å². The van der Waals surface area contributed by atoms with Crippen molar-refractivity contribution >= 4 is 17.9 Å². The maximum absolute atomic E-state index is 12.9. The molecule has 1 unspecified atom stereocenters. The second-order valence-electron chi connectivity index (χ2n) is 20.8. The van der Waals surface area contributed by atoms with Crippen LogP contribution >= 0.6 is 0 Å². The van der Waals surface area contributed by atoms with E-state index in [0.29, 0.717) is 19.3 Å². The summed E-state index contributed by atoms with van der Waals surface area (Å²) in [6.45, 7) is 6.46. The molecule has 0 aromatic rings. The van der Waals surface area contributed by atoms with E-state index in [4.69, 9.17) is 14.2 Å². The number of hydrogen-bond donors (Lipinski definition) is 0. The summed E-state index contributed by atoms with van der Waals surface area (Å²) >= 11 is 0. The smallest absolute Gasteiger partial charge is 0.306 e. The van der Waals surface area contributed by atoms with Gasteiger partial charge in [-0.15, -0.1) is 0 Å². The third-order valence-electron chi connectivity index (χ3n) is 13.5. The summed E-state index contributed by atoms with van der Waals surface area (Å²) in [7, 11) is 0. The SMILES string of the molecule is CC\C=C/C=C\C=C/C=C\C=C\C=C/C=C\CCCCCC(=O)OCC(COC(=O)CCCCCCCCCCCCCCCCCCCCC)OC(=O)CCCCCCCCCCCC/C=C\C=C/CCCCC. The highest BCUT2D eigenvalue weighted by Crippen LogP contribution is 2.17. The largest absolute Gasteiger partial charge is 0.462 e. The first kappa shape index (κ1) is 71.1. The number of ether oxygens (including phenoxy) is 3. The molecule has 0 radical (unpaired) electrons. The van der Waals surface area contributed by atoms with Gasteiger partial charge in [0.05, 0.1) is 0 Å². The standard InChI is InChI=1S/C69H116O6/c1-4-7-10-13-16-19-22-25-28-31-34-37-40-43-46-49-52-55-58-61-67(70)73-64-66(75-69(72)63-60-57-54-51-48-45-42-39-36-33-30-27-24-21-18-15-12-9-6-3)65-74-68(71)62-59-56-53-50-47-44-41-38-35-32-29-26-23-20-17-14-11-8-5-2/h7,10,13,16,18-19,21-22,24-25,27-28,31,34,37,40,43,46,66H,4-6,8-9,11-12,14-15,17,20,23,26,29-30,32-33,35-36,38-39,41-42,44-45,47-65H2,1-3H3/b10-7-,16-13-,21-18-,22-19-,27-24-,28-25-,34-31+,40-37-,46-43-. The lowest BCUT2D eigenvalue weighted by Crippen LogP contribution is -2.30. The number of hydrogen-bond acceptors (Lipinski definition) is 6. The third-order valence-corrected chi connectivity index (χ3v) is 13.5. The Labute approximate surface area is 463 Å². The highest BCUT2D eigenvalue weighted by molar-refractivity contribution is 5.71. The Morgan fingerprint density at radius 1 is 0.280 bits per heavy atom. The molecule has 0 fully saturated rings. The van der Waals surface area contributed by atoms with E-state index in [2.05, 4.69) is 63.3 Å². The number of carbonyl (C=O) groups excluding carboxylic acids is 3. The van der Waals surface area contributed by atoms with Crippen molar-refractivity contribution in [2.45, 2.75) is 297 Å². The average molecular weight is 1040 g/mol. The minimum absolute atomic E-state index is 0.0932. The van der Waals surface area contributed by atoms with E-state index < -0.39 is 6.10 Å². The fraction of sp³-hybridized carbons (Fsp3) is 0.696. The Hall–Kier alpha value is -3.93. The van der Waals surface area contributed by atoms with E-state index in [-0.39, 0.29) is 31.1 Å². The number of unbranched alkanes of at least 4 members (excludes halogenated alkanes) is 34. The summed E-state index contributed by atoms with van der Waals surface area (Å²) in [6, 6.07) is 0. The van der Waals surface area contributed by atoms with E-state index in [0.717, 1.165) is 70.6 Å². The summed E-state index contributed by atoms with van der Waals surface area (Å²) in [5.41, 5.74) is 0. The van der Waals surface area contributed by atoms with Crippen molar-refractivity contribution in [2.24, 2.45) is 0 Å². The van der Waals surface area contributed by atoms with Crippen LogP contribution in [0.4, 0.5) is 0 Å². The number of rotatable bonds is 56. The minimum Gasteiger partial charge on any atom is -0.462 e. The first-order valence-corrected chi connectivity index (χ1v) is 31.5. The molecule has 6 nitrogen and oxygen atoms in total. The van der Waals surface area contributed by atoms with E-state index >= 15 is 0 Å². The molecule has 75 heavy (non-hydrogen) atoms. The summed E-state index contributed by atoms with van der Waals surface area (Å²) in [4.78, 5) is 38.3. The van der Waals surface area contributed by atoms with Gasteiger partial charge in [0.1, 0.15) is 13.2 Å². The molecule has 0 aliphatic heterocycles. The fourth-order valence-corrected chi connectivity index (χ4v) is 8.77. The third kappa shape index (κ3) is 60.8. The van der Waals surface area contributed by atoms with Crippen LogP contribution in [0.1, 0.15) is 290 Å². The van der Waals surface area contributed by atoms with Crippen molar-refractivity contribution in [1.29, 1.82) is 0 Å². The van der Waals surface area contributed by atoms with Crippen LogP contribution in [0.5, 0.6) is 0 Å². The molecule has 0 saturated carbocycles. The molecule has 0 N–H and O–H groups in total. The molecule has 0 aromatic heterocycles. The van der Waals surface area contributed by atoms with Crippen LogP contribution in [0.25, 0.3) is 0 Å². The summed E-state index contributed by atoms with van der Waals surface area (Å²) < 4.78 is 16.9. The van der Waals surface area contributed by atoms with Crippen LogP contribution < -0.4 is 0 Å². The number of esters is 3. The lowest BCUT2D eigenvalue weighted by Gasteiger charge is -2.18. The molecule has 0 saturated heterocycles. The maximum Gasteiger partial charge on any atom is 0.306 e. The highest BCUT2D eigenvalue weighted by Gasteiger charge is 2.19. The molecule has 1 atom stereocenters. The zero-order valence-electron chi connectivity index (χ0n) is 49.0. The summed E-state index contributed by atoms with van der Waals surface area (Å²) in [5, 5.41) is 0. The summed E-state index contributed by atoms with van der Waals surface area (Å²) in [6.07, 6.45) is 85.1. The molecule has 0 amide bonds. The zero-order valence-corrected chi connectivity index (χ0v) is 49.0. The molecule has 0 aromatic carbocycles. The van der Waals surface area contributed by atoms with Gasteiger partial charge in [-0.3, -0.25) is 14.4 Å². The van der Waals surface area contributed by atoms with Gasteiger partial charge in [0.2, 0.25) is 0 Å². The molecule has 0 rings (SSSR count). The summed E-state index contributed by atoms with van der Waals surface area (Å²) in [5.74, 6) is -0.934. The minimum atomic E-state index is -0.801. The van der Waals surface area contributed by atoms with Crippen LogP contribution in [0.2, 0.25) is 0 Å². The number of carbonyl (C=O) groups is 3. The van der Waals surface area contributed by atoms with Gasteiger partial charge >= 0.3 is 17.9 Å². The Morgan fingerprint density at radius 2 is 0.520 bits per heavy atom. The molecule has 6 heteroatoms. The van der Waals surface area contributed by atoms with Crippen LogP contribution in [-0.4, -0.2) is 37.2 Å². The second-order valence-corrected chi connectivity index (χ2v) is 20.8. The molecule has 0 bridgehead atoms. The molecular formula is C69H116O6. The van der Waals surface area contributed by atoms with Crippen molar-refractivity contribution in [3.63, 3.8) is 0 Å². The van der Waals surface area contributed by atoms with Gasteiger partial charge in [0, 0.05) is 19.3 Å². The van der Waals surface area contributed by atoms with Crippen LogP contribution in [-0.2, 0) is 28.6 Å². The maximum atomic E-state index is 12.9. The highest BCUT2D eigenvalue weighted by atomic mass is 16.6. The van der Waals surface area contributed by atoms with Gasteiger partial charge in [-0.25, -0.2) is 0 Å². The Kier molecular flexibility index (Phi) is 59.3. The van der Waals surface area contributed by atoms with Crippen molar-refractivity contribution in [3.05, 3.63) is 109 Å². The Balaban J connectivity index is 4.47. The predicted molar refractivity (Wildman–Crippen MR) is 325 cm³/mol. The normalized spacial score (nSPS) is 12.8. The van der Waals surface area contributed by atoms with Gasteiger partial charge in [0.25, 0.3) is 0 Å². The molecule has 0 spiro atoms. The van der Waals surface area contributed by atoms with E-state index in [9.17, 15) is 14.4 Å². The average Bonchev–Trinajstić information content (AvgIpc) is 3.41. The molecule has 0 heterocycles. The van der Waals surface area contributed by atoms with E-state index in [1.165, 1.54) is 180 Å². The van der Waals surface area contributed by atoms with Crippen molar-refractivity contribution < 1.29 is 28.6 Å². The molecule has 0 aliphatic carbocycles. The molecular weight excluding hydrogens is 925 g/mol. The van der Waals surface area contributed by atoms with Gasteiger partial charge in [-0.1, -0.05) is 316 Å². The fourth-order valence-electron chi connectivity index (χ4n) is 8.77. The number of allylic oxidation sites excluding steroid dienone is 18. The van der Waals surface area contributed by atoms with Crippen LogP contribution in [0, 0.1) is 0 Å². The van der Waals surface area contributed by atoms with Gasteiger partial charge in [-0.2, -0.15) is 0 Å². The Bertz CT molecular complexity index is 1520. The second kappa shape index (κ2) is 62.6. The molecule has 428 valence electrons. The van der Waals surface area contributed by atoms with Crippen molar-refractivity contribution in [2.75, 3.05) is 13.2 Å². The van der Waals surface area contributed by atoms with Crippen molar-refractivity contribution in [1.82, 2.24) is 0 Å². The van der Waals surface area contributed by atoms with E-state index in [1.807, 2.05) is 66.8 Å². The lowest BCUT2D eigenvalue weighted by molar-refractivity contribution is -0.167. The van der Waals surface area contributed by atoms with Crippen LogP contribution in [0.3, 0.4) is 0 Å². The van der Waals surface area contributed by atoms with Crippen LogP contribution in [0.15, 0.2) is 109 Å². The van der Waals surface area contributed by atoms with Gasteiger partial charge in [-0.05, 0) is 64.2 Å². The Morgan fingerprint density at radius 3 is 0.867 bits per heavy atom. The van der Waals surface area contributed by atoms with Gasteiger partial charge < -0.3 is 14.2 Å².